The quantitative estimate of drug-likeness (QED) is 0.0383. The van der Waals surface area contributed by atoms with Gasteiger partial charge in [0.1, 0.15) is 0 Å². The molecule has 0 saturated carbocycles. The average molecular weight is 1950 g/mol. The third-order valence-corrected chi connectivity index (χ3v) is 102. The molecule has 23 nitrogen and oxygen atoms in total. The summed E-state index contributed by atoms with van der Waals surface area (Å²) in [5, 5.41) is 3.70. The summed E-state index contributed by atoms with van der Waals surface area (Å²) in [4.78, 5) is 0. The van der Waals surface area contributed by atoms with Gasteiger partial charge in [-0.1, -0.05) is 309 Å². The fourth-order valence-corrected chi connectivity index (χ4v) is 124. The zero-order valence-electron chi connectivity index (χ0n) is 73.2. The molecule has 0 aliphatic carbocycles. The van der Waals surface area contributed by atoms with Crippen molar-refractivity contribution in [3.05, 3.63) is 212 Å². The van der Waals surface area contributed by atoms with Crippen LogP contribution in [0.15, 0.2) is 212 Å². The Labute approximate surface area is 733 Å². The fraction of sp³-hybridized carbons (Fsp3) is 0.468. The van der Waals surface area contributed by atoms with E-state index in [-0.39, 0.29) is 53.5 Å². The second-order valence-corrected chi connectivity index (χ2v) is 92.0. The number of benzene rings is 7. The molecule has 7 aromatic rings. The molecule has 41 heteroatoms. The van der Waals surface area contributed by atoms with Crippen LogP contribution in [0.25, 0.3) is 0 Å². The topological polar surface area (TPSA) is 212 Å². The van der Waals surface area contributed by atoms with Crippen molar-refractivity contribution in [2.75, 3.05) is 0 Å². The fourth-order valence-electron chi connectivity index (χ4n) is 17.8. The van der Waals surface area contributed by atoms with Crippen molar-refractivity contribution in [3.8, 4) is 0 Å². The molecule has 120 heavy (non-hydrogen) atoms. The Hall–Kier alpha value is -2.48. The van der Waals surface area contributed by atoms with Crippen molar-refractivity contribution < 1.29 is 94.6 Å². The second-order valence-electron chi connectivity index (χ2n) is 37.2. The Balaban J connectivity index is 1.01. The highest BCUT2D eigenvalue weighted by Crippen LogP contribution is 2.56. The predicted octanol–water partition coefficient (Wildman–Crippen LogP) is 13.8. The molecular formula is C79H122O23Si18. The molecule has 2 radical (unpaired) electrons. The molecule has 9 heterocycles. The van der Waals surface area contributed by atoms with E-state index >= 15 is 0 Å². The van der Waals surface area contributed by atoms with Gasteiger partial charge in [-0.15, -0.1) is 0 Å². The van der Waals surface area contributed by atoms with Crippen molar-refractivity contribution >= 4 is 194 Å². The minimum atomic E-state index is -5.11. The predicted molar refractivity (Wildman–Crippen MR) is 498 cm³/mol. The van der Waals surface area contributed by atoms with Crippen LogP contribution in [-0.4, -0.2) is 158 Å². The molecule has 16 rings (SSSR count). The molecule has 0 amide bonds. The summed E-state index contributed by atoms with van der Waals surface area (Å²) in [5.41, 5.74) is 0.419. The lowest BCUT2D eigenvalue weighted by molar-refractivity contribution is -0.00704. The lowest BCUT2D eigenvalue weighted by atomic mass is 10.3. The summed E-state index contributed by atoms with van der Waals surface area (Å²) in [6.45, 7) is 44.3. The van der Waals surface area contributed by atoms with Gasteiger partial charge in [-0.05, 0) is 98.8 Å². The molecule has 0 aromatic heterocycles. The van der Waals surface area contributed by atoms with Crippen molar-refractivity contribution in [2.45, 2.75) is 196 Å². The van der Waals surface area contributed by atoms with Gasteiger partial charge in [0.25, 0.3) is 0 Å². The first kappa shape index (κ1) is 92.2. The number of fused-ring (bicyclic) bond motifs is 3. The van der Waals surface area contributed by atoms with Crippen LogP contribution in [0.2, 0.25) is 99.3 Å². The maximum Gasteiger partial charge on any atom is 0.515 e. The summed E-state index contributed by atoms with van der Waals surface area (Å²) in [6, 6.07) is 71.6. The molecule has 9 aliphatic heterocycles. The standard InChI is InChI=1S/C79H122O23Si18/c1-66(2)58-106-65-107(59-67(3)4)85-112(63-71(11)12,87-109(83-106,60-68(5)6)80-103(15)16)89-111(62-70(9)10,90-113(86-107,64-72(13)14)88-110(84-106,61-69(7)8)81-104(17)18)82-105(19,20)56-57-108-91-114(73-42-28-21-29-43-73)94-117(76-48-34-24-35-49-76)96-115(92-108,74-44-30-22-31-45-74)98-119(78-52-38-26-39-53-78)99-116(93-108,75-46-32-23-33-47-75)97-118(95-114,77-50-36-25-37-51-77)101-120(100-117,102-119)79-54-40-27-41-55-79/h21-55,66-72H,56-65H2,1-20H3. The summed E-state index contributed by atoms with van der Waals surface area (Å²) in [7, 11) is -76.6. The van der Waals surface area contributed by atoms with E-state index in [0.29, 0.717) is 84.3 Å². The van der Waals surface area contributed by atoms with Crippen LogP contribution < -0.4 is 36.3 Å². The maximum absolute atomic E-state index is 8.75. The van der Waals surface area contributed by atoms with Crippen LogP contribution in [0.4, 0.5) is 0 Å². The van der Waals surface area contributed by atoms with E-state index < -0.39 is 158 Å². The molecule has 0 N–H and O–H groups in total. The van der Waals surface area contributed by atoms with E-state index in [2.05, 4.69) is 136 Å². The Kier molecular flexibility index (Phi) is 27.2. The van der Waals surface area contributed by atoms with Crippen LogP contribution in [0, 0.1) is 41.4 Å². The molecule has 4 atom stereocenters. The molecular weight excluding hydrogens is 1820 g/mol. The first-order chi connectivity index (χ1) is 56.7. The van der Waals surface area contributed by atoms with Crippen molar-refractivity contribution in [1.29, 1.82) is 0 Å². The monoisotopic (exact) mass is 1940 g/mol. The Bertz CT molecular complexity index is 4230. The van der Waals surface area contributed by atoms with E-state index in [1.807, 2.05) is 212 Å². The molecule has 9 aliphatic rings. The van der Waals surface area contributed by atoms with Crippen LogP contribution >= 0.6 is 0 Å². The summed E-state index contributed by atoms with van der Waals surface area (Å²) in [5.74, 6) is 0.0812. The molecule has 9 fully saturated rings. The molecule has 648 valence electrons. The van der Waals surface area contributed by atoms with Gasteiger partial charge in [-0.2, -0.15) is 0 Å². The van der Waals surface area contributed by atoms with Crippen molar-refractivity contribution in [3.63, 3.8) is 0 Å². The van der Waals surface area contributed by atoms with E-state index in [9.17, 15) is 0 Å². The van der Waals surface area contributed by atoms with E-state index in [1.165, 1.54) is 0 Å². The van der Waals surface area contributed by atoms with E-state index in [0.717, 1.165) is 0 Å². The van der Waals surface area contributed by atoms with Crippen LogP contribution in [0.1, 0.15) is 96.9 Å². The van der Waals surface area contributed by atoms with E-state index in [4.69, 9.17) is 94.6 Å². The SMILES string of the molecule is CC(C)C[Si]12C[Si]3(CC(C)C)O[Si](CC(C)C)(O[Si](CC(C)C)(O[Si](C)C)O1)O[Si](CC(C)C)(O[Si](C)(C)CC[Si]14O[Si]5(c6ccccc6)O[Si]6(c7ccccc7)O[Si](c7ccccc7)(O1)O[Si]1(c7ccccc7)O[Si](c7ccccc7)(O4)O[Si](c4ccccc4)(O5)O[Si](c4ccccc4)(O6)O1)O[Si](CC(C)C)(O3)O[Si](CC(C)C)(O[Si](C)C)O2. The molecule has 7 aromatic carbocycles. The van der Waals surface area contributed by atoms with Gasteiger partial charge in [0.15, 0.2) is 26.4 Å². The largest absolute Gasteiger partial charge is 0.515 e. The Morgan fingerprint density at radius 2 is 0.475 bits per heavy atom. The highest BCUT2D eigenvalue weighted by molar-refractivity contribution is 7.14. The van der Waals surface area contributed by atoms with E-state index in [1.54, 1.807) is 0 Å². The highest BCUT2D eigenvalue weighted by Gasteiger charge is 2.87. The number of hydrogen-bond acceptors (Lipinski definition) is 23. The Morgan fingerprint density at radius 1 is 0.258 bits per heavy atom. The smallest absolute Gasteiger partial charge is 0.416 e. The average Bonchev–Trinajstić information content (AvgIpc) is 0.666. The summed E-state index contributed by atoms with van der Waals surface area (Å²) in [6.07, 6.45) is 0. The number of hydrogen-bond donors (Lipinski definition) is 0. The van der Waals surface area contributed by atoms with Crippen molar-refractivity contribution in [2.24, 2.45) is 41.4 Å². The normalized spacial score (nSPS) is 35.7. The van der Waals surface area contributed by atoms with Gasteiger partial charge >= 0.3 is 132 Å². The van der Waals surface area contributed by atoms with Crippen molar-refractivity contribution in [1.82, 2.24) is 0 Å². The third kappa shape index (κ3) is 19.4. The maximum atomic E-state index is 8.75. The summed E-state index contributed by atoms with van der Waals surface area (Å²) >= 11 is 0. The van der Waals surface area contributed by atoms with Crippen LogP contribution in [-0.2, 0) is 94.6 Å². The highest BCUT2D eigenvalue weighted by atomic mass is 28.6. The van der Waals surface area contributed by atoms with Gasteiger partial charge in [0.05, 0.1) is 0 Å². The Morgan fingerprint density at radius 3 is 0.708 bits per heavy atom. The van der Waals surface area contributed by atoms with Gasteiger partial charge in [0, 0.05) is 78.2 Å². The number of rotatable bonds is 30. The minimum absolute atomic E-state index is 0.0237. The minimum Gasteiger partial charge on any atom is -0.416 e. The molecule has 4 unspecified atom stereocenters. The third-order valence-electron chi connectivity index (χ3n) is 21.2. The molecule has 0 spiro atoms. The van der Waals surface area contributed by atoms with Gasteiger partial charge in [-0.25, -0.2) is 0 Å². The van der Waals surface area contributed by atoms with Gasteiger partial charge in [0.2, 0.25) is 0 Å². The zero-order chi connectivity index (χ0) is 85.3. The lowest BCUT2D eigenvalue weighted by Crippen LogP contribution is -2.95. The molecule has 9 saturated heterocycles. The van der Waals surface area contributed by atoms with Gasteiger partial charge in [-0.3, -0.25) is 0 Å². The van der Waals surface area contributed by atoms with Crippen LogP contribution in [0.5, 0.6) is 0 Å². The van der Waals surface area contributed by atoms with Crippen LogP contribution in [0.3, 0.4) is 0 Å². The zero-order valence-corrected chi connectivity index (χ0v) is 91.2. The summed E-state index contributed by atoms with van der Waals surface area (Å²) < 4.78 is 196. The van der Waals surface area contributed by atoms with Gasteiger partial charge < -0.3 is 94.6 Å². The first-order valence-corrected chi connectivity index (χ1v) is 78.9. The second kappa shape index (κ2) is 35.4. The molecule has 12 bridgehead atoms. The first-order valence-electron chi connectivity index (χ1n) is 42.8. The lowest BCUT2D eigenvalue weighted by Gasteiger charge is -2.63.